The van der Waals surface area contributed by atoms with E-state index in [1.807, 2.05) is 34.6 Å². The lowest BCUT2D eigenvalue weighted by atomic mass is 9.72. The number of rotatable bonds is 7. The first-order valence-corrected chi connectivity index (χ1v) is 10.0. The Morgan fingerprint density at radius 3 is 1.89 bits per heavy atom. The van der Waals surface area contributed by atoms with E-state index in [0.717, 1.165) is 6.42 Å². The monoisotopic (exact) mass is 394 g/mol. The van der Waals surface area contributed by atoms with E-state index in [0.29, 0.717) is 12.0 Å². The molecule has 0 bridgehead atoms. The van der Waals surface area contributed by atoms with Crippen LogP contribution in [-0.4, -0.2) is 30.3 Å². The highest BCUT2D eigenvalue weighted by Gasteiger charge is 2.35. The number of aromatic hydroxyl groups is 1. The molecular formula is C23H38O5. The molecule has 1 rings (SSSR count). The van der Waals surface area contributed by atoms with Crippen molar-refractivity contribution < 1.29 is 24.2 Å². The molecule has 0 saturated heterocycles. The molecule has 0 aromatic heterocycles. The van der Waals surface area contributed by atoms with Gasteiger partial charge in [-0.25, -0.2) is 4.79 Å². The summed E-state index contributed by atoms with van der Waals surface area (Å²) in [4.78, 5) is 24.3. The highest BCUT2D eigenvalue weighted by Crippen LogP contribution is 2.36. The highest BCUT2D eigenvalue weighted by molar-refractivity contribution is 5.89. The number of esters is 2. The van der Waals surface area contributed by atoms with Crippen LogP contribution >= 0.6 is 0 Å². The molecule has 0 heterocycles. The number of hydrogen-bond donors (Lipinski definition) is 1. The number of phenolic OH excluding ortho intramolecular Hbond substituents is 1. The van der Waals surface area contributed by atoms with Gasteiger partial charge in [-0.2, -0.15) is 0 Å². The molecule has 0 aliphatic carbocycles. The van der Waals surface area contributed by atoms with Crippen molar-refractivity contribution in [1.82, 2.24) is 0 Å². The zero-order valence-corrected chi connectivity index (χ0v) is 18.8. The Kier molecular flexibility index (Phi) is 10.9. The number of ether oxygens (including phenoxy) is 2. The number of phenols is 1. The predicted octanol–water partition coefficient (Wildman–Crippen LogP) is 5.61. The van der Waals surface area contributed by atoms with E-state index in [1.54, 1.807) is 0 Å². The predicted molar refractivity (Wildman–Crippen MR) is 112 cm³/mol. The molecule has 1 atom stereocenters. The smallest absolute Gasteiger partial charge is 0.338 e. The van der Waals surface area contributed by atoms with E-state index in [2.05, 4.69) is 20.8 Å². The molecule has 0 amide bonds. The second-order valence-electron chi connectivity index (χ2n) is 8.89. The molecule has 1 aromatic carbocycles. The molecule has 0 spiro atoms. The van der Waals surface area contributed by atoms with Crippen molar-refractivity contribution in [3.63, 3.8) is 0 Å². The molecule has 0 radical (unpaired) electrons. The van der Waals surface area contributed by atoms with Gasteiger partial charge >= 0.3 is 11.9 Å². The Morgan fingerprint density at radius 2 is 1.43 bits per heavy atom. The van der Waals surface area contributed by atoms with Gasteiger partial charge in [0.2, 0.25) is 0 Å². The first-order chi connectivity index (χ1) is 12.9. The minimum atomic E-state index is -0.461. The largest absolute Gasteiger partial charge is 0.508 e. The lowest BCUT2D eigenvalue weighted by Gasteiger charge is -2.33. The van der Waals surface area contributed by atoms with Gasteiger partial charge in [-0.05, 0) is 41.5 Å². The molecule has 0 aliphatic rings. The van der Waals surface area contributed by atoms with Crippen LogP contribution in [0.3, 0.4) is 0 Å². The summed E-state index contributed by atoms with van der Waals surface area (Å²) in [5.41, 5.74) is 0.240. The van der Waals surface area contributed by atoms with E-state index in [9.17, 15) is 14.7 Å². The van der Waals surface area contributed by atoms with Crippen LogP contribution < -0.4 is 0 Å². The molecule has 5 nitrogen and oxygen atoms in total. The topological polar surface area (TPSA) is 72.8 Å². The summed E-state index contributed by atoms with van der Waals surface area (Å²) >= 11 is 0. The fourth-order valence-corrected chi connectivity index (χ4v) is 2.53. The minimum Gasteiger partial charge on any atom is -0.508 e. The van der Waals surface area contributed by atoms with Crippen LogP contribution in [0.2, 0.25) is 0 Å². The summed E-state index contributed by atoms with van der Waals surface area (Å²) in [6, 6.07) is 5.86. The molecule has 0 saturated carbocycles. The summed E-state index contributed by atoms with van der Waals surface area (Å²) < 4.78 is 10.6. The van der Waals surface area contributed by atoms with Gasteiger partial charge in [-0.15, -0.1) is 0 Å². The van der Waals surface area contributed by atoms with Gasteiger partial charge in [-0.1, -0.05) is 55.4 Å². The standard InChI is InChI=1S/C21H32O5.C2H6/c1-20(2,3)14-17(21(4,5)6)19(24)26-13-7-12-25-18(23)15-8-10-16(22)11-9-15;1-2/h8-11,17,22H,7,12-14H2,1-6H3;1-2H3. The van der Waals surface area contributed by atoms with Crippen molar-refractivity contribution in [2.24, 2.45) is 16.7 Å². The van der Waals surface area contributed by atoms with E-state index < -0.39 is 5.97 Å². The van der Waals surface area contributed by atoms with E-state index in [-0.39, 0.29) is 41.7 Å². The third-order valence-electron chi connectivity index (χ3n) is 4.02. The summed E-state index contributed by atoms with van der Waals surface area (Å²) in [6.07, 6.45) is 1.20. The summed E-state index contributed by atoms with van der Waals surface area (Å²) in [5.74, 6) is -0.743. The van der Waals surface area contributed by atoms with Crippen LogP contribution in [0.15, 0.2) is 24.3 Å². The van der Waals surface area contributed by atoms with Crippen LogP contribution in [0.4, 0.5) is 0 Å². The first-order valence-electron chi connectivity index (χ1n) is 10.0. The van der Waals surface area contributed by atoms with Gasteiger partial charge in [-0.3, -0.25) is 4.79 Å². The second-order valence-corrected chi connectivity index (χ2v) is 8.89. The maximum absolute atomic E-state index is 12.5. The van der Waals surface area contributed by atoms with Gasteiger partial charge in [0.1, 0.15) is 5.75 Å². The Bertz CT molecular complexity index is 591. The molecular weight excluding hydrogens is 356 g/mol. The molecule has 28 heavy (non-hydrogen) atoms. The molecule has 1 unspecified atom stereocenters. The third kappa shape index (κ3) is 10.3. The van der Waals surface area contributed by atoms with E-state index in [4.69, 9.17) is 9.47 Å². The lowest BCUT2D eigenvalue weighted by Crippen LogP contribution is -2.34. The Labute approximate surface area is 170 Å². The van der Waals surface area contributed by atoms with Crippen molar-refractivity contribution in [1.29, 1.82) is 0 Å². The number of carbonyl (C=O) groups is 2. The molecule has 1 N–H and O–H groups in total. The molecule has 160 valence electrons. The van der Waals surface area contributed by atoms with Gasteiger partial charge in [0, 0.05) is 6.42 Å². The maximum atomic E-state index is 12.5. The number of carbonyl (C=O) groups excluding carboxylic acids is 2. The maximum Gasteiger partial charge on any atom is 0.338 e. The van der Waals surface area contributed by atoms with Crippen molar-refractivity contribution in [3.05, 3.63) is 29.8 Å². The minimum absolute atomic E-state index is 0.0383. The van der Waals surface area contributed by atoms with Crippen LogP contribution in [0, 0.1) is 16.7 Å². The molecule has 5 heteroatoms. The highest BCUT2D eigenvalue weighted by atomic mass is 16.5. The Morgan fingerprint density at radius 1 is 0.929 bits per heavy atom. The first kappa shape index (κ1) is 26.0. The van der Waals surface area contributed by atoms with Crippen molar-refractivity contribution in [3.8, 4) is 5.75 Å². The Hall–Kier alpha value is -2.04. The average molecular weight is 395 g/mol. The van der Waals surface area contributed by atoms with Crippen molar-refractivity contribution >= 4 is 11.9 Å². The third-order valence-corrected chi connectivity index (χ3v) is 4.02. The second kappa shape index (κ2) is 11.7. The SMILES string of the molecule is CC.CC(C)(C)CC(C(=O)OCCCOC(=O)c1ccc(O)cc1)C(C)(C)C. The lowest BCUT2D eigenvalue weighted by molar-refractivity contribution is -0.154. The summed E-state index contributed by atoms with van der Waals surface area (Å²) in [7, 11) is 0. The Balaban J connectivity index is 0.00000352. The van der Waals surface area contributed by atoms with Gasteiger partial charge in [0.25, 0.3) is 0 Å². The zero-order chi connectivity index (χ0) is 22.0. The summed E-state index contributed by atoms with van der Waals surface area (Å²) in [5, 5.41) is 9.21. The van der Waals surface area contributed by atoms with Gasteiger partial charge in [0.15, 0.2) is 0 Å². The van der Waals surface area contributed by atoms with Crippen LogP contribution in [0.25, 0.3) is 0 Å². The fourth-order valence-electron chi connectivity index (χ4n) is 2.53. The normalized spacial score (nSPS) is 12.4. The quantitative estimate of drug-likeness (QED) is 0.481. The number of hydrogen-bond acceptors (Lipinski definition) is 5. The van der Waals surface area contributed by atoms with Crippen molar-refractivity contribution in [2.45, 2.75) is 68.2 Å². The van der Waals surface area contributed by atoms with Gasteiger partial charge in [0.05, 0.1) is 24.7 Å². The molecule has 0 fully saturated rings. The van der Waals surface area contributed by atoms with Crippen LogP contribution in [0.1, 0.15) is 78.6 Å². The van der Waals surface area contributed by atoms with E-state index in [1.165, 1.54) is 24.3 Å². The van der Waals surface area contributed by atoms with E-state index >= 15 is 0 Å². The fraction of sp³-hybridized carbons (Fsp3) is 0.652. The molecule has 0 aliphatic heterocycles. The zero-order valence-electron chi connectivity index (χ0n) is 18.8. The van der Waals surface area contributed by atoms with Crippen LogP contribution in [0.5, 0.6) is 5.75 Å². The summed E-state index contributed by atoms with van der Waals surface area (Å²) in [6.45, 7) is 16.9. The number of benzene rings is 1. The average Bonchev–Trinajstić information content (AvgIpc) is 2.59. The van der Waals surface area contributed by atoms with Crippen LogP contribution in [-0.2, 0) is 14.3 Å². The van der Waals surface area contributed by atoms with Crippen molar-refractivity contribution in [2.75, 3.05) is 13.2 Å². The molecule has 1 aromatic rings. The van der Waals surface area contributed by atoms with Gasteiger partial charge < -0.3 is 14.6 Å².